The van der Waals surface area contributed by atoms with E-state index in [0.717, 1.165) is 4.68 Å². The van der Waals surface area contributed by atoms with Gasteiger partial charge in [-0.1, -0.05) is 35.9 Å². The summed E-state index contributed by atoms with van der Waals surface area (Å²) in [6.07, 6.45) is -4.85. The first-order valence-electron chi connectivity index (χ1n) is 10.1. The van der Waals surface area contributed by atoms with Gasteiger partial charge >= 0.3 is 6.18 Å². The van der Waals surface area contributed by atoms with Gasteiger partial charge < -0.3 is 20.1 Å². The van der Waals surface area contributed by atoms with Crippen molar-refractivity contribution in [3.63, 3.8) is 0 Å². The molecular formula is C22H18ClF3N4O3. The molecule has 1 aromatic heterocycles. The first-order valence-corrected chi connectivity index (χ1v) is 10.5. The number of carbonyl (C=O) groups excluding carboxylic acids is 1. The average Bonchev–Trinajstić information content (AvgIpc) is 3.43. The summed E-state index contributed by atoms with van der Waals surface area (Å²) in [7, 11) is 0. The number of benzene rings is 2. The van der Waals surface area contributed by atoms with Crippen LogP contribution in [-0.4, -0.2) is 28.7 Å². The molecule has 2 unspecified atom stereocenters. The Morgan fingerprint density at radius 2 is 1.97 bits per heavy atom. The lowest BCUT2D eigenvalue weighted by atomic mass is 9.96. The van der Waals surface area contributed by atoms with Crippen molar-refractivity contribution in [3.8, 4) is 11.5 Å². The molecule has 2 N–H and O–H groups in total. The highest BCUT2D eigenvalue weighted by Crippen LogP contribution is 2.45. The van der Waals surface area contributed by atoms with Crippen LogP contribution < -0.4 is 20.1 Å². The van der Waals surface area contributed by atoms with Gasteiger partial charge in [0.1, 0.15) is 5.82 Å². The maximum atomic E-state index is 13.9. The number of hydrogen-bond donors (Lipinski definition) is 2. The molecule has 1 amide bonds. The number of alkyl halides is 3. The van der Waals surface area contributed by atoms with Crippen LogP contribution in [0.5, 0.6) is 11.5 Å². The fraction of sp³-hybridized carbons (Fsp3) is 0.273. The zero-order valence-corrected chi connectivity index (χ0v) is 17.8. The van der Waals surface area contributed by atoms with Gasteiger partial charge in [0.05, 0.1) is 6.04 Å². The molecule has 2 aromatic carbocycles. The minimum absolute atomic E-state index is 0.0709. The molecule has 0 radical (unpaired) electrons. The summed E-state index contributed by atoms with van der Waals surface area (Å²) in [6.45, 7) is 0.193. The first-order chi connectivity index (χ1) is 15.8. The van der Waals surface area contributed by atoms with Gasteiger partial charge in [0.25, 0.3) is 5.91 Å². The Kier molecular flexibility index (Phi) is 5.32. The summed E-state index contributed by atoms with van der Waals surface area (Å²) in [6, 6.07) is 10.8. The van der Waals surface area contributed by atoms with Crippen molar-refractivity contribution in [1.82, 2.24) is 15.1 Å². The zero-order chi connectivity index (χ0) is 23.2. The van der Waals surface area contributed by atoms with Crippen LogP contribution in [0.15, 0.2) is 48.5 Å². The highest BCUT2D eigenvalue weighted by molar-refractivity contribution is 6.31. The number of anilines is 1. The smallest absolute Gasteiger partial charge is 0.410 e. The van der Waals surface area contributed by atoms with Gasteiger partial charge in [0.2, 0.25) is 6.79 Å². The maximum Gasteiger partial charge on any atom is 0.410 e. The lowest BCUT2D eigenvalue weighted by Crippen LogP contribution is -2.35. The van der Waals surface area contributed by atoms with E-state index in [0.29, 0.717) is 27.6 Å². The van der Waals surface area contributed by atoms with Crippen LogP contribution in [0.25, 0.3) is 0 Å². The van der Waals surface area contributed by atoms with E-state index >= 15 is 0 Å². The second-order valence-electron chi connectivity index (χ2n) is 7.74. The third kappa shape index (κ3) is 4.18. The number of hydrogen-bond acceptors (Lipinski definition) is 5. The van der Waals surface area contributed by atoms with E-state index in [1.807, 2.05) is 0 Å². The summed E-state index contributed by atoms with van der Waals surface area (Å²) in [5, 5.41) is 10.2. The van der Waals surface area contributed by atoms with E-state index in [1.54, 1.807) is 42.5 Å². The summed E-state index contributed by atoms with van der Waals surface area (Å²) in [4.78, 5) is 12.6. The van der Waals surface area contributed by atoms with E-state index in [1.165, 1.54) is 6.07 Å². The third-order valence-electron chi connectivity index (χ3n) is 5.62. The Balaban J connectivity index is 1.40. The average molecular weight is 479 g/mol. The second-order valence-corrected chi connectivity index (χ2v) is 8.14. The van der Waals surface area contributed by atoms with Gasteiger partial charge in [-0.2, -0.15) is 18.3 Å². The predicted molar refractivity (Wildman–Crippen MR) is 113 cm³/mol. The predicted octanol–water partition coefficient (Wildman–Crippen LogP) is 4.86. The van der Waals surface area contributed by atoms with Crippen molar-refractivity contribution in [2.45, 2.75) is 31.2 Å². The standard InChI is InChI=1S/C22H18ClF3N4O3/c23-14-4-2-1-3-13(14)10-27-21(31)16-9-20-28-15(8-19(22(24,25)26)30(20)29-16)12-5-6-17-18(7-12)33-11-32-17/h1-7,9,15,19,28H,8,10-11H2,(H,27,31). The Bertz CT molecular complexity index is 1210. The molecule has 0 aliphatic carbocycles. The van der Waals surface area contributed by atoms with Crippen molar-refractivity contribution >= 4 is 23.3 Å². The molecule has 0 fully saturated rings. The number of aromatic nitrogens is 2. The SMILES string of the molecule is O=C(NCc1ccccc1Cl)c1cc2n(n1)C(C(F)(F)F)CC(c1ccc3c(c1)OCO3)N2. The van der Waals surface area contributed by atoms with Gasteiger partial charge in [0, 0.05) is 24.1 Å². The lowest BCUT2D eigenvalue weighted by Gasteiger charge is -2.33. The van der Waals surface area contributed by atoms with E-state index in [9.17, 15) is 18.0 Å². The van der Waals surface area contributed by atoms with E-state index < -0.39 is 24.2 Å². The summed E-state index contributed by atoms with van der Waals surface area (Å²) in [5.41, 5.74) is 1.18. The molecule has 2 aliphatic heterocycles. The second kappa shape index (κ2) is 8.18. The fourth-order valence-electron chi connectivity index (χ4n) is 3.94. The molecule has 0 saturated heterocycles. The summed E-state index contributed by atoms with van der Waals surface area (Å²) >= 11 is 6.09. The molecular weight excluding hydrogens is 461 g/mol. The van der Waals surface area contributed by atoms with Crippen LogP contribution in [0.3, 0.4) is 0 Å². The van der Waals surface area contributed by atoms with Crippen molar-refractivity contribution in [2.75, 3.05) is 12.1 Å². The van der Waals surface area contributed by atoms with Crippen LogP contribution in [0.4, 0.5) is 19.0 Å². The lowest BCUT2D eigenvalue weighted by molar-refractivity contribution is -0.173. The largest absolute Gasteiger partial charge is 0.454 e. The number of nitrogens with one attached hydrogen (secondary N) is 2. The Hall–Kier alpha value is -3.40. The van der Waals surface area contributed by atoms with E-state index in [-0.39, 0.29) is 31.3 Å². The Labute approximate surface area is 191 Å². The molecule has 0 saturated carbocycles. The number of rotatable bonds is 4. The number of amides is 1. The molecule has 5 rings (SSSR count). The van der Waals surface area contributed by atoms with Crippen LogP contribution in [-0.2, 0) is 6.54 Å². The van der Waals surface area contributed by atoms with Crippen LogP contribution in [0.1, 0.15) is 40.1 Å². The van der Waals surface area contributed by atoms with Crippen molar-refractivity contribution in [2.24, 2.45) is 0 Å². The topological polar surface area (TPSA) is 77.4 Å². The minimum atomic E-state index is -4.55. The molecule has 0 bridgehead atoms. The van der Waals surface area contributed by atoms with Gasteiger partial charge in [-0.3, -0.25) is 4.79 Å². The molecule has 0 spiro atoms. The summed E-state index contributed by atoms with van der Waals surface area (Å²) in [5.74, 6) is 0.536. The van der Waals surface area contributed by atoms with E-state index in [4.69, 9.17) is 21.1 Å². The summed E-state index contributed by atoms with van der Waals surface area (Å²) < 4.78 is 53.2. The van der Waals surface area contributed by atoms with Crippen LogP contribution in [0.2, 0.25) is 5.02 Å². The highest BCUT2D eigenvalue weighted by atomic mass is 35.5. The zero-order valence-electron chi connectivity index (χ0n) is 17.0. The van der Waals surface area contributed by atoms with Crippen LogP contribution >= 0.6 is 11.6 Å². The number of carbonyl (C=O) groups is 1. The number of nitrogens with zero attached hydrogens (tertiary/aromatic N) is 2. The monoisotopic (exact) mass is 478 g/mol. The molecule has 3 aromatic rings. The van der Waals surface area contributed by atoms with Gasteiger partial charge in [-0.15, -0.1) is 0 Å². The van der Waals surface area contributed by atoms with Crippen molar-refractivity contribution < 1.29 is 27.4 Å². The quantitative estimate of drug-likeness (QED) is 0.560. The first kappa shape index (κ1) is 21.4. The minimum Gasteiger partial charge on any atom is -0.454 e. The molecule has 33 heavy (non-hydrogen) atoms. The Morgan fingerprint density at radius 3 is 2.76 bits per heavy atom. The van der Waals surface area contributed by atoms with E-state index in [2.05, 4.69) is 15.7 Å². The number of ether oxygens (including phenoxy) is 2. The molecule has 3 heterocycles. The normalized spacial score (nSPS) is 19.0. The molecule has 11 heteroatoms. The maximum absolute atomic E-state index is 13.9. The molecule has 2 atom stereocenters. The molecule has 7 nitrogen and oxygen atoms in total. The highest BCUT2D eigenvalue weighted by Gasteiger charge is 2.47. The van der Waals surface area contributed by atoms with Crippen molar-refractivity contribution in [1.29, 1.82) is 0 Å². The fourth-order valence-corrected chi connectivity index (χ4v) is 4.14. The van der Waals surface area contributed by atoms with Gasteiger partial charge in [-0.05, 0) is 29.3 Å². The van der Waals surface area contributed by atoms with Crippen LogP contribution in [0, 0.1) is 0 Å². The number of halogens is 4. The Morgan fingerprint density at radius 1 is 1.18 bits per heavy atom. The third-order valence-corrected chi connectivity index (χ3v) is 5.99. The van der Waals surface area contributed by atoms with Gasteiger partial charge in [0.15, 0.2) is 23.2 Å². The number of fused-ring (bicyclic) bond motifs is 2. The molecule has 172 valence electrons. The van der Waals surface area contributed by atoms with Gasteiger partial charge in [-0.25, -0.2) is 4.68 Å². The van der Waals surface area contributed by atoms with Crippen molar-refractivity contribution in [3.05, 3.63) is 70.4 Å². The molecule has 2 aliphatic rings.